The van der Waals surface area contributed by atoms with Crippen LogP contribution in [0.15, 0.2) is 28.8 Å². The molecule has 1 amide bonds. The molecule has 1 aliphatic heterocycles. The number of amides is 1. The first-order valence-electron chi connectivity index (χ1n) is 8.78. The molecule has 0 atom stereocenters. The van der Waals surface area contributed by atoms with Gasteiger partial charge in [-0.2, -0.15) is 0 Å². The number of piperazine rings is 1. The van der Waals surface area contributed by atoms with E-state index in [0.717, 1.165) is 54.6 Å². The van der Waals surface area contributed by atoms with Crippen molar-refractivity contribution in [2.24, 2.45) is 0 Å². The maximum Gasteiger partial charge on any atom is 0.224 e. The molecule has 25 heavy (non-hydrogen) atoms. The highest BCUT2D eigenvalue weighted by Gasteiger charge is 2.18. The molecule has 1 aromatic carbocycles. The van der Waals surface area contributed by atoms with Crippen molar-refractivity contribution in [3.8, 4) is 0 Å². The average molecular weight is 342 g/mol. The number of likely N-dealkylation sites (N-methyl/N-ethyl adjacent to an activating group) is 1. The van der Waals surface area contributed by atoms with Crippen LogP contribution >= 0.6 is 0 Å². The highest BCUT2D eigenvalue weighted by atomic mass is 16.5. The van der Waals surface area contributed by atoms with E-state index in [4.69, 9.17) is 4.52 Å². The van der Waals surface area contributed by atoms with Crippen LogP contribution in [0.5, 0.6) is 0 Å². The normalized spacial score (nSPS) is 15.4. The van der Waals surface area contributed by atoms with E-state index < -0.39 is 0 Å². The maximum atomic E-state index is 12.4. The summed E-state index contributed by atoms with van der Waals surface area (Å²) in [5.41, 5.74) is 3.88. The lowest BCUT2D eigenvalue weighted by Crippen LogP contribution is -2.44. The van der Waals surface area contributed by atoms with Gasteiger partial charge in [-0.1, -0.05) is 17.3 Å². The molecular weight excluding hydrogens is 316 g/mol. The molecule has 2 heterocycles. The van der Waals surface area contributed by atoms with Crippen molar-refractivity contribution in [2.45, 2.75) is 26.7 Å². The summed E-state index contributed by atoms with van der Waals surface area (Å²) in [6.45, 7) is 7.82. The highest BCUT2D eigenvalue weighted by Crippen LogP contribution is 2.27. The molecule has 3 rings (SSSR count). The van der Waals surface area contributed by atoms with Crippen molar-refractivity contribution in [1.82, 2.24) is 10.1 Å². The first-order chi connectivity index (χ1) is 12.0. The molecule has 134 valence electrons. The van der Waals surface area contributed by atoms with Gasteiger partial charge < -0.3 is 19.6 Å². The van der Waals surface area contributed by atoms with Gasteiger partial charge in [-0.05, 0) is 39.4 Å². The van der Waals surface area contributed by atoms with E-state index in [1.807, 2.05) is 32.0 Å². The SMILES string of the molecule is Cc1noc(C)c1CCC(=O)Nc1ccccc1N1CCN(C)CC1. The Hall–Kier alpha value is -2.34. The molecule has 1 aliphatic rings. The zero-order valence-electron chi connectivity index (χ0n) is 15.2. The molecule has 0 aliphatic carbocycles. The minimum absolute atomic E-state index is 0.0153. The standard InChI is InChI=1S/C19H26N4O2/c1-14-16(15(2)25-21-14)8-9-19(24)20-17-6-4-5-7-18(17)23-12-10-22(3)11-13-23/h4-7H,8-13H2,1-3H3,(H,20,24). The number of hydrogen-bond donors (Lipinski definition) is 1. The molecule has 0 unspecified atom stereocenters. The third-order valence-electron chi connectivity index (χ3n) is 4.81. The van der Waals surface area contributed by atoms with Crippen LogP contribution in [0.25, 0.3) is 0 Å². The van der Waals surface area contributed by atoms with E-state index in [-0.39, 0.29) is 5.91 Å². The highest BCUT2D eigenvalue weighted by molar-refractivity contribution is 5.94. The van der Waals surface area contributed by atoms with Crippen LogP contribution in [-0.2, 0) is 11.2 Å². The molecule has 6 heteroatoms. The summed E-state index contributed by atoms with van der Waals surface area (Å²) in [5.74, 6) is 0.810. The van der Waals surface area contributed by atoms with E-state index in [1.165, 1.54) is 0 Å². The van der Waals surface area contributed by atoms with Crippen LogP contribution in [0.4, 0.5) is 11.4 Å². The predicted molar refractivity (Wildman–Crippen MR) is 99.1 cm³/mol. The second-order valence-electron chi connectivity index (χ2n) is 6.66. The summed E-state index contributed by atoms with van der Waals surface area (Å²) >= 11 is 0. The van der Waals surface area contributed by atoms with Crippen LogP contribution in [0, 0.1) is 13.8 Å². The molecule has 1 aromatic heterocycles. The van der Waals surface area contributed by atoms with Gasteiger partial charge in [0.2, 0.25) is 5.91 Å². The third kappa shape index (κ3) is 4.20. The number of hydrogen-bond acceptors (Lipinski definition) is 5. The fourth-order valence-corrected chi connectivity index (χ4v) is 3.21. The van der Waals surface area contributed by atoms with Crippen molar-refractivity contribution < 1.29 is 9.32 Å². The minimum Gasteiger partial charge on any atom is -0.367 e. The summed E-state index contributed by atoms with van der Waals surface area (Å²) in [4.78, 5) is 17.1. The predicted octanol–water partition coefficient (Wildman–Crippen LogP) is 2.61. The lowest BCUT2D eigenvalue weighted by Gasteiger charge is -2.35. The second-order valence-corrected chi connectivity index (χ2v) is 6.66. The molecule has 2 aromatic rings. The summed E-state index contributed by atoms with van der Waals surface area (Å²) < 4.78 is 5.16. The molecule has 6 nitrogen and oxygen atoms in total. The van der Waals surface area contributed by atoms with E-state index in [0.29, 0.717) is 12.8 Å². The number of benzene rings is 1. The van der Waals surface area contributed by atoms with E-state index in [9.17, 15) is 4.79 Å². The number of carbonyl (C=O) groups is 1. The Bertz CT molecular complexity index is 713. The number of nitrogens with zero attached hydrogens (tertiary/aromatic N) is 3. The van der Waals surface area contributed by atoms with Crippen LogP contribution in [-0.4, -0.2) is 49.2 Å². The van der Waals surface area contributed by atoms with Gasteiger partial charge in [0.25, 0.3) is 0 Å². The van der Waals surface area contributed by atoms with Gasteiger partial charge in [0, 0.05) is 38.2 Å². The van der Waals surface area contributed by atoms with E-state index in [2.05, 4.69) is 33.4 Å². The van der Waals surface area contributed by atoms with Crippen LogP contribution in [0.1, 0.15) is 23.4 Å². The zero-order valence-corrected chi connectivity index (χ0v) is 15.2. The van der Waals surface area contributed by atoms with Gasteiger partial charge in [-0.3, -0.25) is 4.79 Å². The topological polar surface area (TPSA) is 61.6 Å². The van der Waals surface area contributed by atoms with Gasteiger partial charge in [0.1, 0.15) is 5.76 Å². The Morgan fingerprint density at radius 1 is 1.20 bits per heavy atom. The summed E-state index contributed by atoms with van der Waals surface area (Å²) in [5, 5.41) is 7.02. The van der Waals surface area contributed by atoms with Crippen LogP contribution < -0.4 is 10.2 Å². The molecular formula is C19H26N4O2. The summed E-state index contributed by atoms with van der Waals surface area (Å²) in [6, 6.07) is 8.04. The van der Waals surface area contributed by atoms with Crippen molar-refractivity contribution in [3.63, 3.8) is 0 Å². The van der Waals surface area contributed by atoms with Gasteiger partial charge in [-0.25, -0.2) is 0 Å². The number of rotatable bonds is 5. The van der Waals surface area contributed by atoms with Gasteiger partial charge in [0.05, 0.1) is 17.1 Å². The molecule has 1 saturated heterocycles. The Labute approximate surface area is 148 Å². The largest absolute Gasteiger partial charge is 0.367 e. The summed E-state index contributed by atoms with van der Waals surface area (Å²) in [7, 11) is 2.14. The first kappa shape index (κ1) is 17.5. The van der Waals surface area contributed by atoms with Crippen LogP contribution in [0.2, 0.25) is 0 Å². The number of anilines is 2. The van der Waals surface area contributed by atoms with Gasteiger partial charge in [0.15, 0.2) is 0 Å². The Kier molecular flexibility index (Phi) is 5.38. The molecule has 0 bridgehead atoms. The summed E-state index contributed by atoms with van der Waals surface area (Å²) in [6.07, 6.45) is 1.06. The van der Waals surface area contributed by atoms with Gasteiger partial charge >= 0.3 is 0 Å². The lowest BCUT2D eigenvalue weighted by molar-refractivity contribution is -0.116. The van der Waals surface area contributed by atoms with Gasteiger partial charge in [-0.15, -0.1) is 0 Å². The zero-order chi connectivity index (χ0) is 17.8. The fourth-order valence-electron chi connectivity index (χ4n) is 3.21. The Morgan fingerprint density at radius 2 is 1.92 bits per heavy atom. The van der Waals surface area contributed by atoms with E-state index >= 15 is 0 Å². The molecule has 0 radical (unpaired) electrons. The van der Waals surface area contributed by atoms with E-state index in [1.54, 1.807) is 0 Å². The molecule has 1 fully saturated rings. The second kappa shape index (κ2) is 7.70. The van der Waals surface area contributed by atoms with Crippen molar-refractivity contribution in [1.29, 1.82) is 0 Å². The van der Waals surface area contributed by atoms with Crippen LogP contribution in [0.3, 0.4) is 0 Å². The average Bonchev–Trinajstić information content (AvgIpc) is 2.93. The maximum absolute atomic E-state index is 12.4. The monoisotopic (exact) mass is 342 g/mol. The van der Waals surface area contributed by atoms with Crippen molar-refractivity contribution in [3.05, 3.63) is 41.3 Å². The Balaban J connectivity index is 1.63. The molecule has 1 N–H and O–H groups in total. The number of para-hydroxylation sites is 2. The number of aromatic nitrogens is 1. The Morgan fingerprint density at radius 3 is 2.60 bits per heavy atom. The minimum atomic E-state index is 0.0153. The lowest BCUT2D eigenvalue weighted by atomic mass is 10.1. The molecule has 0 saturated carbocycles. The smallest absolute Gasteiger partial charge is 0.224 e. The third-order valence-corrected chi connectivity index (χ3v) is 4.81. The number of nitrogens with one attached hydrogen (secondary N) is 1. The first-order valence-corrected chi connectivity index (χ1v) is 8.78. The van der Waals surface area contributed by atoms with Crippen molar-refractivity contribution >= 4 is 17.3 Å². The quantitative estimate of drug-likeness (QED) is 0.905. The number of carbonyl (C=O) groups excluding carboxylic acids is 1. The fraction of sp³-hybridized carbons (Fsp3) is 0.474. The number of aryl methyl sites for hydroxylation is 2. The van der Waals surface area contributed by atoms with Crippen molar-refractivity contribution in [2.75, 3.05) is 43.4 Å². The molecule has 0 spiro atoms.